The number of benzene rings is 1. The summed E-state index contributed by atoms with van der Waals surface area (Å²) in [6.07, 6.45) is 3.98. The van der Waals surface area contributed by atoms with E-state index in [1.54, 1.807) is 0 Å². The van der Waals surface area contributed by atoms with E-state index < -0.39 is 0 Å². The SMILES string of the molecule is CNC(c1ccn(CC(=O)Nc2ccccc2)c1)C(C)C. The van der Waals surface area contributed by atoms with E-state index in [0.717, 1.165) is 5.69 Å². The Balaban J connectivity index is 1.97. The Morgan fingerprint density at radius 1 is 1.19 bits per heavy atom. The van der Waals surface area contributed by atoms with Crippen molar-refractivity contribution >= 4 is 11.6 Å². The molecule has 1 atom stereocenters. The monoisotopic (exact) mass is 285 g/mol. The van der Waals surface area contributed by atoms with Crippen molar-refractivity contribution in [2.75, 3.05) is 12.4 Å². The first-order valence-corrected chi connectivity index (χ1v) is 7.28. The van der Waals surface area contributed by atoms with Crippen LogP contribution in [0.15, 0.2) is 48.8 Å². The molecule has 21 heavy (non-hydrogen) atoms. The summed E-state index contributed by atoms with van der Waals surface area (Å²) in [7, 11) is 1.96. The summed E-state index contributed by atoms with van der Waals surface area (Å²) >= 11 is 0. The van der Waals surface area contributed by atoms with Crippen LogP contribution >= 0.6 is 0 Å². The van der Waals surface area contributed by atoms with Crippen molar-refractivity contribution in [3.8, 4) is 0 Å². The molecule has 4 nitrogen and oxygen atoms in total. The first-order chi connectivity index (χ1) is 10.1. The van der Waals surface area contributed by atoms with Crippen LogP contribution in [0.4, 0.5) is 5.69 Å². The van der Waals surface area contributed by atoms with Gasteiger partial charge in [0.05, 0.1) is 0 Å². The minimum atomic E-state index is -0.0195. The molecule has 112 valence electrons. The summed E-state index contributed by atoms with van der Waals surface area (Å²) in [5, 5.41) is 6.20. The fraction of sp³-hybridized carbons (Fsp3) is 0.353. The van der Waals surface area contributed by atoms with E-state index in [2.05, 4.69) is 30.5 Å². The molecule has 0 aliphatic carbocycles. The quantitative estimate of drug-likeness (QED) is 0.857. The van der Waals surface area contributed by atoms with Gasteiger partial charge < -0.3 is 15.2 Å². The predicted molar refractivity (Wildman–Crippen MR) is 86.1 cm³/mol. The van der Waals surface area contributed by atoms with E-state index in [1.165, 1.54) is 5.56 Å². The van der Waals surface area contributed by atoms with Crippen molar-refractivity contribution in [2.45, 2.75) is 26.4 Å². The summed E-state index contributed by atoms with van der Waals surface area (Å²) in [6, 6.07) is 11.9. The summed E-state index contributed by atoms with van der Waals surface area (Å²) < 4.78 is 1.92. The minimum absolute atomic E-state index is 0.0195. The van der Waals surface area contributed by atoms with Gasteiger partial charge in [0.25, 0.3) is 0 Å². The van der Waals surface area contributed by atoms with Crippen LogP contribution in [0.2, 0.25) is 0 Å². The highest BCUT2D eigenvalue weighted by Crippen LogP contribution is 2.21. The number of aromatic nitrogens is 1. The normalized spacial score (nSPS) is 12.4. The van der Waals surface area contributed by atoms with Crippen LogP contribution in [0.3, 0.4) is 0 Å². The zero-order chi connectivity index (χ0) is 15.2. The van der Waals surface area contributed by atoms with Crippen LogP contribution in [0.5, 0.6) is 0 Å². The number of carbonyl (C=O) groups is 1. The van der Waals surface area contributed by atoms with Gasteiger partial charge in [-0.25, -0.2) is 0 Å². The third kappa shape index (κ3) is 4.20. The molecule has 4 heteroatoms. The number of anilines is 1. The number of para-hydroxylation sites is 1. The van der Waals surface area contributed by atoms with Gasteiger partial charge in [-0.2, -0.15) is 0 Å². The Morgan fingerprint density at radius 3 is 2.52 bits per heavy atom. The average Bonchev–Trinajstić information content (AvgIpc) is 2.88. The van der Waals surface area contributed by atoms with Gasteiger partial charge in [0, 0.05) is 24.1 Å². The van der Waals surface area contributed by atoms with E-state index in [-0.39, 0.29) is 5.91 Å². The van der Waals surface area contributed by atoms with E-state index >= 15 is 0 Å². The van der Waals surface area contributed by atoms with Crippen molar-refractivity contribution in [3.63, 3.8) is 0 Å². The number of amides is 1. The molecule has 0 aliphatic heterocycles. The number of nitrogens with zero attached hydrogens (tertiary/aromatic N) is 1. The third-order valence-corrected chi connectivity index (χ3v) is 3.49. The molecule has 1 unspecified atom stereocenters. The molecule has 1 aromatic carbocycles. The Kier molecular flexibility index (Phi) is 5.17. The van der Waals surface area contributed by atoms with Crippen molar-refractivity contribution in [3.05, 3.63) is 54.4 Å². The predicted octanol–water partition coefficient (Wildman–Crippen LogP) is 3.04. The largest absolute Gasteiger partial charge is 0.345 e. The molecule has 0 saturated heterocycles. The molecule has 1 heterocycles. The van der Waals surface area contributed by atoms with Gasteiger partial charge in [-0.1, -0.05) is 32.0 Å². The molecule has 2 rings (SSSR count). The van der Waals surface area contributed by atoms with Gasteiger partial charge in [0.2, 0.25) is 5.91 Å². The Hall–Kier alpha value is -2.07. The zero-order valence-corrected chi connectivity index (χ0v) is 12.8. The molecule has 0 spiro atoms. The van der Waals surface area contributed by atoms with Gasteiger partial charge in [-0.05, 0) is 36.7 Å². The lowest BCUT2D eigenvalue weighted by atomic mass is 9.99. The van der Waals surface area contributed by atoms with E-state index in [9.17, 15) is 4.79 Å². The van der Waals surface area contributed by atoms with E-state index in [1.807, 2.05) is 54.3 Å². The van der Waals surface area contributed by atoms with Gasteiger partial charge in [-0.3, -0.25) is 4.79 Å². The lowest BCUT2D eigenvalue weighted by molar-refractivity contribution is -0.116. The van der Waals surface area contributed by atoms with Crippen molar-refractivity contribution in [1.29, 1.82) is 0 Å². The lowest BCUT2D eigenvalue weighted by Crippen LogP contribution is -2.21. The molecule has 1 amide bonds. The highest BCUT2D eigenvalue weighted by molar-refractivity contribution is 5.90. The van der Waals surface area contributed by atoms with Gasteiger partial charge >= 0.3 is 0 Å². The number of carbonyl (C=O) groups excluding carboxylic acids is 1. The second-order valence-corrected chi connectivity index (χ2v) is 5.54. The van der Waals surface area contributed by atoms with Crippen LogP contribution in [0.25, 0.3) is 0 Å². The topological polar surface area (TPSA) is 46.1 Å². The Labute approximate surface area is 126 Å². The fourth-order valence-electron chi connectivity index (χ4n) is 2.51. The van der Waals surface area contributed by atoms with Crippen molar-refractivity contribution in [2.24, 2.45) is 5.92 Å². The van der Waals surface area contributed by atoms with E-state index in [0.29, 0.717) is 18.5 Å². The maximum absolute atomic E-state index is 12.0. The molecule has 2 aromatic rings. The zero-order valence-electron chi connectivity index (χ0n) is 12.8. The number of nitrogens with one attached hydrogen (secondary N) is 2. The molecular weight excluding hydrogens is 262 g/mol. The summed E-state index contributed by atoms with van der Waals surface area (Å²) in [6.45, 7) is 4.69. The fourth-order valence-corrected chi connectivity index (χ4v) is 2.51. The summed E-state index contributed by atoms with van der Waals surface area (Å²) in [5.41, 5.74) is 2.03. The molecule has 0 fully saturated rings. The molecular formula is C17H23N3O. The lowest BCUT2D eigenvalue weighted by Gasteiger charge is -2.18. The van der Waals surface area contributed by atoms with Crippen LogP contribution in [0.1, 0.15) is 25.5 Å². The average molecular weight is 285 g/mol. The highest BCUT2D eigenvalue weighted by Gasteiger charge is 2.15. The van der Waals surface area contributed by atoms with Crippen LogP contribution in [0, 0.1) is 5.92 Å². The second-order valence-electron chi connectivity index (χ2n) is 5.54. The summed E-state index contributed by atoms with van der Waals surface area (Å²) in [4.78, 5) is 12.0. The van der Waals surface area contributed by atoms with Crippen molar-refractivity contribution in [1.82, 2.24) is 9.88 Å². The van der Waals surface area contributed by atoms with Gasteiger partial charge in [0.1, 0.15) is 6.54 Å². The maximum Gasteiger partial charge on any atom is 0.244 e. The first-order valence-electron chi connectivity index (χ1n) is 7.28. The van der Waals surface area contributed by atoms with E-state index in [4.69, 9.17) is 0 Å². The number of rotatable bonds is 6. The second kappa shape index (κ2) is 7.09. The highest BCUT2D eigenvalue weighted by atomic mass is 16.1. The van der Waals surface area contributed by atoms with Gasteiger partial charge in [0.15, 0.2) is 0 Å². The first kappa shape index (κ1) is 15.3. The molecule has 2 N–H and O–H groups in total. The third-order valence-electron chi connectivity index (χ3n) is 3.49. The smallest absolute Gasteiger partial charge is 0.244 e. The van der Waals surface area contributed by atoms with Crippen LogP contribution in [-0.2, 0) is 11.3 Å². The Bertz CT molecular complexity index is 575. The summed E-state index contributed by atoms with van der Waals surface area (Å²) in [5.74, 6) is 0.484. The van der Waals surface area contributed by atoms with Crippen LogP contribution < -0.4 is 10.6 Å². The molecule has 0 saturated carbocycles. The number of hydrogen-bond donors (Lipinski definition) is 2. The molecule has 0 radical (unpaired) electrons. The number of hydrogen-bond acceptors (Lipinski definition) is 2. The van der Waals surface area contributed by atoms with Gasteiger partial charge in [-0.15, -0.1) is 0 Å². The maximum atomic E-state index is 12.0. The molecule has 0 aliphatic rings. The minimum Gasteiger partial charge on any atom is -0.345 e. The molecule has 0 bridgehead atoms. The standard InChI is InChI=1S/C17H23N3O/c1-13(2)17(18-3)14-9-10-20(11-14)12-16(21)19-15-7-5-4-6-8-15/h4-11,13,17-18H,12H2,1-3H3,(H,19,21). The molecule has 1 aromatic heterocycles. The Morgan fingerprint density at radius 2 is 1.90 bits per heavy atom. The van der Waals surface area contributed by atoms with Crippen molar-refractivity contribution < 1.29 is 4.79 Å². The van der Waals surface area contributed by atoms with Crippen LogP contribution in [-0.4, -0.2) is 17.5 Å².